The number of carbonyl (C=O) groups is 1. The maximum absolute atomic E-state index is 12.1. The summed E-state index contributed by atoms with van der Waals surface area (Å²) in [6.45, 7) is 0.168. The largest absolute Gasteiger partial charge is 0.478 e. The lowest BCUT2D eigenvalue weighted by molar-refractivity contribution is 0.0698. The molecule has 0 aliphatic carbocycles. The fraction of sp³-hybridized carbons (Fsp3) is 0.0714. The van der Waals surface area contributed by atoms with E-state index in [0.717, 1.165) is 4.88 Å². The van der Waals surface area contributed by atoms with Crippen molar-refractivity contribution in [3.63, 3.8) is 0 Å². The van der Waals surface area contributed by atoms with Gasteiger partial charge in [-0.3, -0.25) is 14.2 Å². The van der Waals surface area contributed by atoms with Gasteiger partial charge in [-0.1, -0.05) is 12.1 Å². The molecule has 2 N–H and O–H groups in total. The number of para-hydroxylation sites is 1. The molecule has 2 heterocycles. The summed E-state index contributed by atoms with van der Waals surface area (Å²) in [5, 5.41) is 11.1. The third kappa shape index (κ3) is 2.27. The highest BCUT2D eigenvalue weighted by molar-refractivity contribution is 7.09. The van der Waals surface area contributed by atoms with Gasteiger partial charge >= 0.3 is 17.1 Å². The van der Waals surface area contributed by atoms with E-state index in [0.29, 0.717) is 5.52 Å². The van der Waals surface area contributed by atoms with Gasteiger partial charge in [0.15, 0.2) is 0 Å². The highest BCUT2D eigenvalue weighted by atomic mass is 32.1. The topological polar surface area (TPSA) is 92.2 Å². The van der Waals surface area contributed by atoms with Gasteiger partial charge in [0.25, 0.3) is 0 Å². The molecule has 0 saturated heterocycles. The van der Waals surface area contributed by atoms with Gasteiger partial charge in [-0.05, 0) is 23.6 Å². The molecule has 106 valence electrons. The summed E-state index contributed by atoms with van der Waals surface area (Å²) in [5.74, 6) is -1.15. The normalized spacial score (nSPS) is 10.9. The third-order valence-corrected chi connectivity index (χ3v) is 3.98. The second-order valence-electron chi connectivity index (χ2n) is 4.43. The molecule has 0 fully saturated rings. The van der Waals surface area contributed by atoms with Crippen LogP contribution in [-0.2, 0) is 6.54 Å². The number of benzene rings is 1. The lowest BCUT2D eigenvalue weighted by Gasteiger charge is -2.10. The number of fused-ring (bicyclic) bond motifs is 1. The van der Waals surface area contributed by atoms with Crippen molar-refractivity contribution in [1.29, 1.82) is 0 Å². The van der Waals surface area contributed by atoms with Crippen molar-refractivity contribution >= 4 is 28.3 Å². The Bertz CT molecular complexity index is 938. The van der Waals surface area contributed by atoms with E-state index in [4.69, 9.17) is 0 Å². The Labute approximate surface area is 121 Å². The van der Waals surface area contributed by atoms with E-state index < -0.39 is 17.1 Å². The Hall–Kier alpha value is -2.67. The van der Waals surface area contributed by atoms with E-state index in [1.54, 1.807) is 6.07 Å². The van der Waals surface area contributed by atoms with Crippen LogP contribution in [0.3, 0.4) is 0 Å². The van der Waals surface area contributed by atoms with E-state index >= 15 is 0 Å². The quantitative estimate of drug-likeness (QED) is 0.717. The number of nitrogens with one attached hydrogen (secondary N) is 1. The number of rotatable bonds is 3. The zero-order valence-corrected chi connectivity index (χ0v) is 11.5. The number of hydrogen-bond donors (Lipinski definition) is 2. The average Bonchev–Trinajstić information content (AvgIpc) is 2.96. The second kappa shape index (κ2) is 5.02. The predicted octanol–water partition coefficient (Wildman–Crippen LogP) is 1.50. The monoisotopic (exact) mass is 302 g/mol. The van der Waals surface area contributed by atoms with Gasteiger partial charge in [-0.2, -0.15) is 0 Å². The number of aromatic nitrogens is 2. The molecule has 7 heteroatoms. The highest BCUT2D eigenvalue weighted by Gasteiger charge is 2.15. The molecular formula is C14H10N2O4S. The highest BCUT2D eigenvalue weighted by Crippen LogP contribution is 2.17. The smallest absolute Gasteiger partial charge is 0.337 e. The molecule has 2 aromatic heterocycles. The molecule has 21 heavy (non-hydrogen) atoms. The van der Waals surface area contributed by atoms with Gasteiger partial charge in [-0.15, -0.1) is 11.3 Å². The van der Waals surface area contributed by atoms with Crippen LogP contribution >= 0.6 is 11.3 Å². The first-order valence-corrected chi connectivity index (χ1v) is 6.97. The number of carboxylic acid groups (broad SMARTS) is 1. The van der Waals surface area contributed by atoms with Gasteiger partial charge in [0, 0.05) is 4.88 Å². The van der Waals surface area contributed by atoms with E-state index in [-0.39, 0.29) is 17.6 Å². The molecular weight excluding hydrogens is 292 g/mol. The van der Waals surface area contributed by atoms with Crippen LogP contribution < -0.4 is 11.1 Å². The summed E-state index contributed by atoms with van der Waals surface area (Å²) in [4.78, 5) is 38.5. The maximum atomic E-state index is 12.1. The zero-order valence-electron chi connectivity index (χ0n) is 10.7. The van der Waals surface area contributed by atoms with Gasteiger partial charge < -0.3 is 10.1 Å². The average molecular weight is 302 g/mol. The number of carboxylic acids is 1. The lowest BCUT2D eigenvalue weighted by atomic mass is 10.1. The van der Waals surface area contributed by atoms with E-state index in [1.165, 1.54) is 28.0 Å². The standard InChI is InChI=1S/C14H10N2O4S/c17-12-13(18)16(7-8-3-2-6-21-8)11-9(14(19)20)4-1-5-10(11)15-12/h1-6H,7H2,(H,15,17)(H,19,20). The number of thiophene rings is 1. The first-order chi connectivity index (χ1) is 10.1. The van der Waals surface area contributed by atoms with Crippen molar-refractivity contribution in [3.05, 3.63) is 66.9 Å². The number of aromatic carboxylic acids is 1. The number of nitrogens with zero attached hydrogens (tertiary/aromatic N) is 1. The molecule has 0 unspecified atom stereocenters. The van der Waals surface area contributed by atoms with Crippen molar-refractivity contribution in [1.82, 2.24) is 9.55 Å². The van der Waals surface area contributed by atoms with Crippen molar-refractivity contribution in [2.75, 3.05) is 0 Å². The van der Waals surface area contributed by atoms with Crippen LogP contribution in [0.5, 0.6) is 0 Å². The van der Waals surface area contributed by atoms with Crippen LogP contribution in [0.15, 0.2) is 45.3 Å². The lowest BCUT2D eigenvalue weighted by Crippen LogP contribution is -2.37. The number of hydrogen-bond acceptors (Lipinski definition) is 4. The van der Waals surface area contributed by atoms with E-state index in [1.807, 2.05) is 17.5 Å². The fourth-order valence-electron chi connectivity index (χ4n) is 2.22. The minimum absolute atomic E-state index is 0.0163. The molecule has 0 spiro atoms. The summed E-state index contributed by atoms with van der Waals surface area (Å²) in [6, 6.07) is 8.18. The minimum atomic E-state index is -1.15. The minimum Gasteiger partial charge on any atom is -0.478 e. The molecule has 3 aromatic rings. The first-order valence-electron chi connectivity index (χ1n) is 6.09. The second-order valence-corrected chi connectivity index (χ2v) is 5.46. The molecule has 6 nitrogen and oxygen atoms in total. The van der Waals surface area contributed by atoms with Crippen LogP contribution in [0.1, 0.15) is 15.2 Å². The van der Waals surface area contributed by atoms with Crippen LogP contribution in [0.2, 0.25) is 0 Å². The molecule has 0 aliphatic rings. The van der Waals surface area contributed by atoms with Crippen molar-refractivity contribution in [2.45, 2.75) is 6.54 Å². The van der Waals surface area contributed by atoms with Crippen LogP contribution in [0.4, 0.5) is 0 Å². The van der Waals surface area contributed by atoms with Crippen LogP contribution in [0, 0.1) is 0 Å². The zero-order chi connectivity index (χ0) is 15.0. The SMILES string of the molecule is O=C(O)c1cccc2[nH]c(=O)c(=O)n(Cc3cccs3)c12. The van der Waals surface area contributed by atoms with Gasteiger partial charge in [0.05, 0.1) is 23.1 Å². The molecule has 0 bridgehead atoms. The molecule has 1 aromatic carbocycles. The van der Waals surface area contributed by atoms with Crippen LogP contribution in [-0.4, -0.2) is 20.6 Å². The molecule has 0 atom stereocenters. The number of H-pyrrole nitrogens is 1. The Kier molecular flexibility index (Phi) is 3.19. The van der Waals surface area contributed by atoms with Gasteiger partial charge in [0.2, 0.25) is 0 Å². The fourth-order valence-corrected chi connectivity index (χ4v) is 2.91. The van der Waals surface area contributed by atoms with Crippen molar-refractivity contribution in [3.8, 4) is 0 Å². The molecule has 0 amide bonds. The summed E-state index contributed by atoms with van der Waals surface area (Å²) in [6.07, 6.45) is 0. The Balaban J connectivity index is 2.39. The van der Waals surface area contributed by atoms with Gasteiger partial charge in [0.1, 0.15) is 0 Å². The molecule has 0 saturated carbocycles. The molecule has 0 radical (unpaired) electrons. The predicted molar refractivity (Wildman–Crippen MR) is 79.2 cm³/mol. The van der Waals surface area contributed by atoms with E-state index in [9.17, 15) is 19.5 Å². The van der Waals surface area contributed by atoms with Gasteiger partial charge in [-0.25, -0.2) is 4.79 Å². The van der Waals surface area contributed by atoms with Crippen LogP contribution in [0.25, 0.3) is 11.0 Å². The third-order valence-electron chi connectivity index (χ3n) is 3.12. The summed E-state index contributed by atoms with van der Waals surface area (Å²) in [5.41, 5.74) is -0.984. The Morgan fingerprint density at radius 2 is 2.05 bits per heavy atom. The first kappa shape index (κ1) is 13.3. The van der Waals surface area contributed by atoms with Crippen molar-refractivity contribution < 1.29 is 9.90 Å². The Morgan fingerprint density at radius 1 is 1.24 bits per heavy atom. The summed E-state index contributed by atoms with van der Waals surface area (Å²) >= 11 is 1.44. The van der Waals surface area contributed by atoms with Crippen molar-refractivity contribution in [2.24, 2.45) is 0 Å². The summed E-state index contributed by atoms with van der Waals surface area (Å²) in [7, 11) is 0. The summed E-state index contributed by atoms with van der Waals surface area (Å²) < 4.78 is 1.21. The number of aromatic amines is 1. The maximum Gasteiger partial charge on any atom is 0.337 e. The Morgan fingerprint density at radius 3 is 2.71 bits per heavy atom. The van der Waals surface area contributed by atoms with E-state index in [2.05, 4.69) is 4.98 Å². The molecule has 0 aliphatic heterocycles. The molecule has 3 rings (SSSR count).